The molecule has 0 bridgehead atoms. The molecule has 0 saturated carbocycles. The maximum absolute atomic E-state index is 12.7. The molecule has 1 atom stereocenters. The summed E-state index contributed by atoms with van der Waals surface area (Å²) >= 11 is 12.0. The fourth-order valence-electron chi connectivity index (χ4n) is 2.21. The minimum absolute atomic E-state index is 0.220. The van der Waals surface area contributed by atoms with Gasteiger partial charge in [-0.05, 0) is 35.9 Å². The molecule has 0 heterocycles. The monoisotopic (exact) mass is 405 g/mol. The van der Waals surface area contributed by atoms with E-state index in [1.807, 2.05) is 0 Å². The quantitative estimate of drug-likeness (QED) is 0.772. The van der Waals surface area contributed by atoms with Crippen LogP contribution < -0.4 is 5.32 Å². The lowest BCUT2D eigenvalue weighted by atomic mass is 10.0. The number of hydrogen-bond acceptors (Lipinski definition) is 2. The molecule has 138 valence electrons. The number of carboxylic acid groups (broad SMARTS) is 1. The third-order valence-electron chi connectivity index (χ3n) is 3.53. The van der Waals surface area contributed by atoms with Crippen molar-refractivity contribution in [2.24, 2.45) is 0 Å². The molecular formula is C17H12Cl2F3NO3. The molecule has 2 aromatic rings. The average molecular weight is 406 g/mol. The number of rotatable bonds is 5. The lowest BCUT2D eigenvalue weighted by molar-refractivity contribution is -0.139. The standard InChI is InChI=1S/C17H12Cl2F3NO3/c18-12-5-2-6-13(19)11(12)8-14(16(25)26)23-15(24)9-3-1-4-10(7-9)17(20,21)22/h1-7,14H,8H2,(H,23,24)(H,25,26)/t14-/m0/s1. The van der Waals surface area contributed by atoms with Crippen molar-refractivity contribution in [3.63, 3.8) is 0 Å². The molecular weight excluding hydrogens is 394 g/mol. The number of aliphatic carboxylic acids is 1. The topological polar surface area (TPSA) is 66.4 Å². The fourth-order valence-corrected chi connectivity index (χ4v) is 2.76. The molecule has 0 aliphatic carbocycles. The molecule has 26 heavy (non-hydrogen) atoms. The first-order valence-electron chi connectivity index (χ1n) is 7.23. The van der Waals surface area contributed by atoms with E-state index in [-0.39, 0.29) is 22.0 Å². The molecule has 1 amide bonds. The van der Waals surface area contributed by atoms with Crippen molar-refractivity contribution in [3.8, 4) is 0 Å². The van der Waals surface area contributed by atoms with E-state index in [2.05, 4.69) is 5.32 Å². The number of carbonyl (C=O) groups excluding carboxylic acids is 1. The largest absolute Gasteiger partial charge is 0.480 e. The zero-order valence-corrected chi connectivity index (χ0v) is 14.5. The van der Waals surface area contributed by atoms with Crippen molar-refractivity contribution in [1.82, 2.24) is 5.32 Å². The summed E-state index contributed by atoms with van der Waals surface area (Å²) in [5.41, 5.74) is -1.00. The summed E-state index contributed by atoms with van der Waals surface area (Å²) in [6, 6.07) is 6.86. The van der Waals surface area contributed by atoms with E-state index in [9.17, 15) is 27.9 Å². The van der Waals surface area contributed by atoms with Crippen molar-refractivity contribution in [2.45, 2.75) is 18.6 Å². The van der Waals surface area contributed by atoms with Gasteiger partial charge in [0.2, 0.25) is 0 Å². The first-order chi connectivity index (χ1) is 12.1. The van der Waals surface area contributed by atoms with Crippen LogP contribution >= 0.6 is 23.2 Å². The van der Waals surface area contributed by atoms with Crippen LogP contribution in [0.5, 0.6) is 0 Å². The molecule has 2 aromatic carbocycles. The highest BCUT2D eigenvalue weighted by Gasteiger charge is 2.31. The van der Waals surface area contributed by atoms with E-state index in [1.165, 1.54) is 12.1 Å². The molecule has 0 aliphatic rings. The summed E-state index contributed by atoms with van der Waals surface area (Å²) in [6.07, 6.45) is -4.84. The van der Waals surface area contributed by atoms with Crippen LogP contribution in [0, 0.1) is 0 Å². The Bertz CT molecular complexity index is 820. The van der Waals surface area contributed by atoms with Crippen molar-refractivity contribution >= 4 is 35.1 Å². The fraction of sp³-hybridized carbons (Fsp3) is 0.176. The summed E-state index contributed by atoms with van der Waals surface area (Å²) < 4.78 is 38.2. The van der Waals surface area contributed by atoms with Gasteiger partial charge in [-0.3, -0.25) is 4.79 Å². The van der Waals surface area contributed by atoms with Gasteiger partial charge in [-0.25, -0.2) is 4.79 Å². The van der Waals surface area contributed by atoms with Gasteiger partial charge >= 0.3 is 12.1 Å². The van der Waals surface area contributed by atoms with Crippen LogP contribution in [0.3, 0.4) is 0 Å². The highest BCUT2D eigenvalue weighted by molar-refractivity contribution is 6.36. The Morgan fingerprint density at radius 2 is 1.65 bits per heavy atom. The Kier molecular flexibility index (Phi) is 6.15. The molecule has 9 heteroatoms. The zero-order chi connectivity index (χ0) is 19.5. The Balaban J connectivity index is 2.23. The van der Waals surface area contributed by atoms with Crippen molar-refractivity contribution in [2.75, 3.05) is 0 Å². The summed E-state index contributed by atoms with van der Waals surface area (Å²) in [6.45, 7) is 0. The number of halogens is 5. The van der Waals surface area contributed by atoms with Gasteiger partial charge in [0.15, 0.2) is 0 Å². The van der Waals surface area contributed by atoms with Crippen LogP contribution in [0.15, 0.2) is 42.5 Å². The molecule has 0 radical (unpaired) electrons. The third-order valence-corrected chi connectivity index (χ3v) is 4.23. The molecule has 2 N–H and O–H groups in total. The lowest BCUT2D eigenvalue weighted by Gasteiger charge is -2.17. The molecule has 0 aliphatic heterocycles. The van der Waals surface area contributed by atoms with Crippen LogP contribution in [0.4, 0.5) is 13.2 Å². The molecule has 0 unspecified atom stereocenters. The van der Waals surface area contributed by atoms with Gasteiger partial charge in [0.1, 0.15) is 6.04 Å². The van der Waals surface area contributed by atoms with Gasteiger partial charge in [-0.15, -0.1) is 0 Å². The number of alkyl halides is 3. The van der Waals surface area contributed by atoms with Crippen LogP contribution in [-0.2, 0) is 17.4 Å². The van der Waals surface area contributed by atoms with Gasteiger partial charge in [-0.2, -0.15) is 13.2 Å². The number of benzene rings is 2. The van der Waals surface area contributed by atoms with Crippen molar-refractivity contribution in [1.29, 1.82) is 0 Å². The number of carbonyl (C=O) groups is 2. The van der Waals surface area contributed by atoms with E-state index in [0.29, 0.717) is 11.6 Å². The molecule has 0 fully saturated rings. The van der Waals surface area contributed by atoms with E-state index in [4.69, 9.17) is 23.2 Å². The SMILES string of the molecule is O=C(N[C@@H](Cc1c(Cl)cccc1Cl)C(=O)O)c1cccc(C(F)(F)F)c1. The van der Waals surface area contributed by atoms with Crippen molar-refractivity contribution < 1.29 is 27.9 Å². The van der Waals surface area contributed by atoms with Gasteiger partial charge < -0.3 is 10.4 Å². The Hall–Kier alpha value is -2.25. The molecule has 2 rings (SSSR count). The van der Waals surface area contributed by atoms with Crippen LogP contribution in [0.2, 0.25) is 10.0 Å². The van der Waals surface area contributed by atoms with E-state index in [0.717, 1.165) is 18.2 Å². The molecule has 0 saturated heterocycles. The highest BCUT2D eigenvalue weighted by atomic mass is 35.5. The Morgan fingerprint density at radius 3 is 2.19 bits per heavy atom. The minimum Gasteiger partial charge on any atom is -0.480 e. The van der Waals surface area contributed by atoms with Crippen LogP contribution in [0.1, 0.15) is 21.5 Å². The summed E-state index contributed by atoms with van der Waals surface area (Å²) in [4.78, 5) is 23.6. The van der Waals surface area contributed by atoms with Gasteiger partial charge in [0.05, 0.1) is 5.56 Å². The van der Waals surface area contributed by atoms with E-state index >= 15 is 0 Å². The minimum atomic E-state index is -4.62. The summed E-state index contributed by atoms with van der Waals surface area (Å²) in [5.74, 6) is -2.33. The third kappa shape index (κ3) is 4.89. The van der Waals surface area contributed by atoms with E-state index in [1.54, 1.807) is 6.07 Å². The van der Waals surface area contributed by atoms with Crippen LogP contribution in [0.25, 0.3) is 0 Å². The normalized spacial score (nSPS) is 12.5. The second kappa shape index (κ2) is 7.97. The number of carboxylic acids is 1. The average Bonchev–Trinajstić information content (AvgIpc) is 2.56. The number of hydrogen-bond donors (Lipinski definition) is 2. The maximum Gasteiger partial charge on any atom is 0.416 e. The predicted octanol–water partition coefficient (Wildman–Crippen LogP) is 4.44. The second-order valence-electron chi connectivity index (χ2n) is 5.35. The van der Waals surface area contributed by atoms with Gasteiger partial charge in [0.25, 0.3) is 5.91 Å². The van der Waals surface area contributed by atoms with Crippen LogP contribution in [-0.4, -0.2) is 23.0 Å². The van der Waals surface area contributed by atoms with Crippen molar-refractivity contribution in [3.05, 3.63) is 69.2 Å². The smallest absolute Gasteiger partial charge is 0.416 e. The second-order valence-corrected chi connectivity index (χ2v) is 6.16. The van der Waals surface area contributed by atoms with E-state index < -0.39 is 29.7 Å². The predicted molar refractivity (Wildman–Crippen MR) is 90.5 cm³/mol. The summed E-state index contributed by atoms with van der Waals surface area (Å²) in [7, 11) is 0. The first kappa shape index (κ1) is 20.1. The number of nitrogens with one attached hydrogen (secondary N) is 1. The highest BCUT2D eigenvalue weighted by Crippen LogP contribution is 2.29. The van der Waals surface area contributed by atoms with Gasteiger partial charge in [0, 0.05) is 22.0 Å². The molecule has 4 nitrogen and oxygen atoms in total. The Labute approximate surface area is 156 Å². The summed E-state index contributed by atoms with van der Waals surface area (Å²) in [5, 5.41) is 11.9. The lowest BCUT2D eigenvalue weighted by Crippen LogP contribution is -2.42. The maximum atomic E-state index is 12.7. The first-order valence-corrected chi connectivity index (χ1v) is 7.99. The molecule has 0 spiro atoms. The van der Waals surface area contributed by atoms with Gasteiger partial charge in [-0.1, -0.05) is 35.3 Å². The molecule has 0 aromatic heterocycles. The Morgan fingerprint density at radius 1 is 1.08 bits per heavy atom. The zero-order valence-electron chi connectivity index (χ0n) is 13.0. The number of amides is 1.